The molecule has 2 aromatic carbocycles. The van der Waals surface area contributed by atoms with Gasteiger partial charge in [0.25, 0.3) is 0 Å². The second-order valence-corrected chi connectivity index (χ2v) is 7.04. The van der Waals surface area contributed by atoms with Crippen LogP contribution in [0.1, 0.15) is 10.4 Å². The molecule has 0 aliphatic carbocycles. The largest absolute Gasteiger partial charge is 0.376 e. The third-order valence-corrected chi connectivity index (χ3v) is 5.40. The van der Waals surface area contributed by atoms with Crippen molar-refractivity contribution in [3.05, 3.63) is 89.4 Å². The smallest absolute Gasteiger partial charge is 0.0719 e. The van der Waals surface area contributed by atoms with E-state index in [-0.39, 0.29) is 0 Å². The molecular weight excluding hydrogens is 326 g/mol. The van der Waals surface area contributed by atoms with E-state index in [1.807, 2.05) is 47.9 Å². The molecule has 0 aliphatic heterocycles. The maximum atomic E-state index is 5.90. The van der Waals surface area contributed by atoms with Gasteiger partial charge in [-0.15, -0.1) is 11.3 Å². The van der Waals surface area contributed by atoms with E-state index in [4.69, 9.17) is 4.74 Å². The van der Waals surface area contributed by atoms with Gasteiger partial charge in [-0.1, -0.05) is 54.6 Å². The number of hydrogen-bond donors (Lipinski definition) is 0. The highest BCUT2D eigenvalue weighted by atomic mass is 32.1. The summed E-state index contributed by atoms with van der Waals surface area (Å²) in [5.74, 6) is 0. The lowest BCUT2D eigenvalue weighted by Crippen LogP contribution is -1.99. The molecule has 2 nitrogen and oxygen atoms in total. The molecule has 0 amide bonds. The summed E-state index contributed by atoms with van der Waals surface area (Å²) in [6, 6.07) is 25.0. The van der Waals surface area contributed by atoms with Gasteiger partial charge in [0.1, 0.15) is 0 Å². The molecule has 0 N–H and O–H groups in total. The molecule has 4 aromatic rings. The number of pyridine rings is 1. The Kier molecular flexibility index (Phi) is 4.86. The molecule has 0 unspecified atom stereocenters. The molecule has 0 saturated carbocycles. The van der Waals surface area contributed by atoms with Crippen LogP contribution in [-0.4, -0.2) is 11.6 Å². The summed E-state index contributed by atoms with van der Waals surface area (Å²) in [7, 11) is 0. The lowest BCUT2D eigenvalue weighted by Gasteiger charge is -2.06. The van der Waals surface area contributed by atoms with Crippen LogP contribution >= 0.6 is 11.3 Å². The SMILES string of the molecule is c1ccc(COCCc2sc3ccccc3c2-c2ccccn2)cc1. The van der Waals surface area contributed by atoms with Gasteiger partial charge in [-0.3, -0.25) is 4.98 Å². The van der Waals surface area contributed by atoms with Gasteiger partial charge in [0.05, 0.1) is 18.9 Å². The lowest BCUT2D eigenvalue weighted by molar-refractivity contribution is 0.124. The normalized spacial score (nSPS) is 11.0. The minimum absolute atomic E-state index is 0.657. The standard InChI is InChI=1S/C22H19NOS/c1-2-8-17(9-3-1)16-24-15-13-21-22(19-11-6-7-14-23-19)18-10-4-5-12-20(18)25-21/h1-12,14H,13,15-16H2. The van der Waals surface area contributed by atoms with Gasteiger partial charge in [-0.05, 0) is 23.8 Å². The van der Waals surface area contributed by atoms with Crippen LogP contribution < -0.4 is 0 Å². The van der Waals surface area contributed by atoms with Crippen molar-refractivity contribution in [1.82, 2.24) is 4.98 Å². The van der Waals surface area contributed by atoms with Crippen LogP contribution in [0.2, 0.25) is 0 Å². The van der Waals surface area contributed by atoms with Gasteiger partial charge in [0.2, 0.25) is 0 Å². The molecule has 25 heavy (non-hydrogen) atoms. The Bertz CT molecular complexity index is 948. The number of fused-ring (bicyclic) bond motifs is 1. The Morgan fingerprint density at radius 2 is 1.64 bits per heavy atom. The van der Waals surface area contributed by atoms with Gasteiger partial charge in [-0.2, -0.15) is 0 Å². The van der Waals surface area contributed by atoms with Gasteiger partial charge in [0.15, 0.2) is 0 Å². The van der Waals surface area contributed by atoms with Crippen LogP contribution in [0.4, 0.5) is 0 Å². The molecule has 0 radical (unpaired) electrons. The first kappa shape index (κ1) is 16.0. The molecule has 0 saturated heterocycles. The van der Waals surface area contributed by atoms with Crippen LogP contribution in [0.15, 0.2) is 79.0 Å². The lowest BCUT2D eigenvalue weighted by atomic mass is 10.1. The Morgan fingerprint density at radius 1 is 0.840 bits per heavy atom. The Morgan fingerprint density at radius 3 is 2.48 bits per heavy atom. The predicted octanol–water partition coefficient (Wildman–Crippen LogP) is 5.72. The van der Waals surface area contributed by atoms with Gasteiger partial charge < -0.3 is 4.74 Å². The van der Waals surface area contributed by atoms with Crippen LogP contribution in [0.3, 0.4) is 0 Å². The van der Waals surface area contributed by atoms with Crippen molar-refractivity contribution in [3.63, 3.8) is 0 Å². The summed E-state index contributed by atoms with van der Waals surface area (Å²) in [6.07, 6.45) is 2.76. The van der Waals surface area contributed by atoms with Gasteiger partial charge in [-0.25, -0.2) is 0 Å². The Balaban J connectivity index is 1.55. The van der Waals surface area contributed by atoms with E-state index in [9.17, 15) is 0 Å². The van der Waals surface area contributed by atoms with E-state index in [1.54, 1.807) is 0 Å². The molecule has 0 bridgehead atoms. The van der Waals surface area contributed by atoms with Crippen molar-refractivity contribution in [2.45, 2.75) is 13.0 Å². The number of aromatic nitrogens is 1. The molecule has 0 atom stereocenters. The highest BCUT2D eigenvalue weighted by Crippen LogP contribution is 2.38. The number of ether oxygens (including phenoxy) is 1. The van der Waals surface area contributed by atoms with E-state index in [0.29, 0.717) is 13.2 Å². The first-order valence-corrected chi connectivity index (χ1v) is 9.27. The summed E-state index contributed by atoms with van der Waals surface area (Å²) in [5, 5.41) is 1.28. The number of thiophene rings is 1. The topological polar surface area (TPSA) is 22.1 Å². The molecule has 0 spiro atoms. The van der Waals surface area contributed by atoms with Crippen LogP contribution in [-0.2, 0) is 17.8 Å². The van der Waals surface area contributed by atoms with Crippen LogP contribution in [0.25, 0.3) is 21.3 Å². The second-order valence-electron chi connectivity index (χ2n) is 5.90. The average Bonchev–Trinajstić information content (AvgIpc) is 3.05. The molecule has 0 aliphatic rings. The first-order valence-electron chi connectivity index (χ1n) is 8.45. The summed E-state index contributed by atoms with van der Waals surface area (Å²) in [6.45, 7) is 1.37. The Hall–Kier alpha value is -2.49. The van der Waals surface area contributed by atoms with E-state index in [0.717, 1.165) is 12.1 Å². The summed E-state index contributed by atoms with van der Waals surface area (Å²) in [5.41, 5.74) is 3.51. The van der Waals surface area contributed by atoms with Crippen molar-refractivity contribution >= 4 is 21.4 Å². The van der Waals surface area contributed by atoms with E-state index < -0.39 is 0 Å². The van der Waals surface area contributed by atoms with Crippen molar-refractivity contribution in [2.24, 2.45) is 0 Å². The summed E-state index contributed by atoms with van der Waals surface area (Å²) in [4.78, 5) is 5.91. The summed E-state index contributed by atoms with van der Waals surface area (Å²) >= 11 is 1.84. The molecule has 3 heteroatoms. The van der Waals surface area contributed by atoms with Crippen molar-refractivity contribution in [2.75, 3.05) is 6.61 Å². The molecule has 124 valence electrons. The van der Waals surface area contributed by atoms with Crippen molar-refractivity contribution < 1.29 is 4.74 Å². The number of benzene rings is 2. The monoisotopic (exact) mass is 345 g/mol. The highest BCUT2D eigenvalue weighted by Gasteiger charge is 2.14. The highest BCUT2D eigenvalue weighted by molar-refractivity contribution is 7.19. The van der Waals surface area contributed by atoms with E-state index in [1.165, 1.54) is 26.1 Å². The van der Waals surface area contributed by atoms with E-state index in [2.05, 4.69) is 47.4 Å². The predicted molar refractivity (Wildman–Crippen MR) is 105 cm³/mol. The summed E-state index contributed by atoms with van der Waals surface area (Å²) < 4.78 is 7.20. The first-order chi connectivity index (χ1) is 12.4. The second kappa shape index (κ2) is 7.60. The quantitative estimate of drug-likeness (QED) is 0.417. The average molecular weight is 345 g/mol. The van der Waals surface area contributed by atoms with Crippen molar-refractivity contribution in [1.29, 1.82) is 0 Å². The molecule has 2 aromatic heterocycles. The maximum absolute atomic E-state index is 5.90. The third kappa shape index (κ3) is 3.63. The van der Waals surface area contributed by atoms with Crippen LogP contribution in [0.5, 0.6) is 0 Å². The Labute approximate surface area is 151 Å². The van der Waals surface area contributed by atoms with E-state index >= 15 is 0 Å². The molecule has 0 fully saturated rings. The zero-order chi connectivity index (χ0) is 16.9. The third-order valence-electron chi connectivity index (χ3n) is 4.17. The fourth-order valence-corrected chi connectivity index (χ4v) is 4.19. The zero-order valence-electron chi connectivity index (χ0n) is 13.9. The van der Waals surface area contributed by atoms with Crippen molar-refractivity contribution in [3.8, 4) is 11.3 Å². The fraction of sp³-hybridized carbons (Fsp3) is 0.136. The molecule has 2 heterocycles. The fourth-order valence-electron chi connectivity index (χ4n) is 2.99. The van der Waals surface area contributed by atoms with Gasteiger partial charge >= 0.3 is 0 Å². The molecular formula is C22H19NOS. The number of rotatable bonds is 6. The zero-order valence-corrected chi connectivity index (χ0v) is 14.7. The van der Waals surface area contributed by atoms with Crippen LogP contribution in [0, 0.1) is 0 Å². The number of nitrogens with zero attached hydrogens (tertiary/aromatic N) is 1. The minimum Gasteiger partial charge on any atom is -0.376 e. The van der Waals surface area contributed by atoms with Gasteiger partial charge in [0, 0.05) is 33.1 Å². The minimum atomic E-state index is 0.657. The number of hydrogen-bond acceptors (Lipinski definition) is 3. The maximum Gasteiger partial charge on any atom is 0.0719 e. The molecule has 4 rings (SSSR count).